The zero-order valence-corrected chi connectivity index (χ0v) is 25.0. The van der Waals surface area contributed by atoms with Gasteiger partial charge in [0.15, 0.2) is 12.1 Å². The van der Waals surface area contributed by atoms with Gasteiger partial charge in [-0.25, -0.2) is 0 Å². The molecule has 0 spiro atoms. The van der Waals surface area contributed by atoms with Crippen LogP contribution in [0.4, 0.5) is 0 Å². The first-order chi connectivity index (χ1) is 17.7. The van der Waals surface area contributed by atoms with E-state index >= 15 is 0 Å². The molecule has 0 amide bonds. The number of unbranched alkanes of at least 4 members (excludes halogenated alkanes) is 10. The van der Waals surface area contributed by atoms with Crippen LogP contribution in [0, 0.1) is 17.8 Å². The van der Waals surface area contributed by atoms with Gasteiger partial charge in [0.05, 0.1) is 19.3 Å². The molecule has 5 unspecified atom stereocenters. The molecular weight excluding hydrogens is 468 g/mol. The van der Waals surface area contributed by atoms with Gasteiger partial charge in [-0.15, -0.1) is 0 Å². The lowest BCUT2D eigenvalue weighted by molar-refractivity contribution is -0.264. The maximum atomic E-state index is 11.0. The molecule has 2 aliphatic heterocycles. The highest BCUT2D eigenvalue weighted by molar-refractivity contribution is 5.00. The molecule has 0 aromatic heterocycles. The summed E-state index contributed by atoms with van der Waals surface area (Å²) in [6.07, 6.45) is 16.7. The van der Waals surface area contributed by atoms with E-state index in [0.717, 1.165) is 6.42 Å². The van der Waals surface area contributed by atoms with Gasteiger partial charge < -0.3 is 28.8 Å². The van der Waals surface area contributed by atoms with E-state index in [1.54, 1.807) is 7.11 Å². The van der Waals surface area contributed by atoms with Crippen LogP contribution in [0.25, 0.3) is 0 Å². The lowest BCUT2D eigenvalue weighted by Gasteiger charge is -2.43. The Hall–Kier alpha value is -0.500. The number of aliphatic hydroxyl groups excluding tert-OH is 1. The van der Waals surface area contributed by atoms with Crippen LogP contribution in [-0.4, -0.2) is 61.9 Å². The molecule has 0 bridgehead atoms. The Morgan fingerprint density at radius 1 is 0.865 bits per heavy atom. The number of hydrogen-bond acceptors (Lipinski definition) is 6. The molecule has 37 heavy (non-hydrogen) atoms. The van der Waals surface area contributed by atoms with Crippen molar-refractivity contribution in [2.75, 3.05) is 20.3 Å². The van der Waals surface area contributed by atoms with E-state index in [4.69, 9.17) is 23.7 Å². The summed E-state index contributed by atoms with van der Waals surface area (Å²) in [6, 6.07) is 0. The second-order valence-electron chi connectivity index (χ2n) is 11.9. The smallest absolute Gasteiger partial charge is 0.164 e. The predicted octanol–water partition coefficient (Wildman–Crippen LogP) is 7.03. The fourth-order valence-corrected chi connectivity index (χ4v) is 5.56. The van der Waals surface area contributed by atoms with E-state index in [-0.39, 0.29) is 31.0 Å². The number of methoxy groups -OCH3 is 1. The van der Waals surface area contributed by atoms with Crippen LogP contribution in [-0.2, 0) is 23.7 Å². The Bertz CT molecular complexity index is 623. The predicted molar refractivity (Wildman–Crippen MR) is 149 cm³/mol. The summed E-state index contributed by atoms with van der Waals surface area (Å²) in [5, 5.41) is 11.0. The molecule has 0 aliphatic carbocycles. The third-order valence-electron chi connectivity index (χ3n) is 8.34. The summed E-state index contributed by atoms with van der Waals surface area (Å²) >= 11 is 0. The molecule has 2 saturated heterocycles. The fourth-order valence-electron chi connectivity index (χ4n) is 5.56. The largest absolute Gasteiger partial charge is 0.388 e. The molecule has 2 fully saturated rings. The molecule has 6 heteroatoms. The lowest BCUT2D eigenvalue weighted by Crippen LogP contribution is -2.49. The number of aliphatic hydroxyl groups is 1. The molecule has 2 heterocycles. The van der Waals surface area contributed by atoms with Crippen molar-refractivity contribution in [3.63, 3.8) is 0 Å². The molecule has 8 atom stereocenters. The topological polar surface area (TPSA) is 66.4 Å². The third kappa shape index (κ3) is 11.3. The zero-order chi connectivity index (χ0) is 27.3. The summed E-state index contributed by atoms with van der Waals surface area (Å²) < 4.78 is 29.9. The van der Waals surface area contributed by atoms with Crippen molar-refractivity contribution in [3.05, 3.63) is 12.2 Å². The molecule has 218 valence electrons. The van der Waals surface area contributed by atoms with Gasteiger partial charge in [-0.1, -0.05) is 97.6 Å². The maximum Gasteiger partial charge on any atom is 0.164 e. The minimum absolute atomic E-state index is 0.00943. The van der Waals surface area contributed by atoms with Crippen LogP contribution in [0.2, 0.25) is 0 Å². The Morgan fingerprint density at radius 3 is 2.11 bits per heavy atom. The van der Waals surface area contributed by atoms with Crippen molar-refractivity contribution in [1.82, 2.24) is 0 Å². The second-order valence-corrected chi connectivity index (χ2v) is 11.9. The van der Waals surface area contributed by atoms with Gasteiger partial charge in [0.1, 0.15) is 18.3 Å². The third-order valence-corrected chi connectivity index (χ3v) is 8.34. The van der Waals surface area contributed by atoms with E-state index in [1.807, 2.05) is 13.8 Å². The van der Waals surface area contributed by atoms with Crippen LogP contribution in [0.1, 0.15) is 112 Å². The molecule has 0 aromatic rings. The molecule has 0 radical (unpaired) electrons. The Morgan fingerprint density at radius 2 is 1.49 bits per heavy atom. The summed E-state index contributed by atoms with van der Waals surface area (Å²) in [4.78, 5) is 0. The van der Waals surface area contributed by atoms with Gasteiger partial charge in [-0.2, -0.15) is 0 Å². The monoisotopic (exact) mass is 526 g/mol. The minimum Gasteiger partial charge on any atom is -0.388 e. The molecule has 2 aliphatic rings. The molecule has 0 saturated carbocycles. The lowest BCUT2D eigenvalue weighted by atomic mass is 9.79. The first-order valence-corrected chi connectivity index (χ1v) is 15.2. The van der Waals surface area contributed by atoms with E-state index in [2.05, 4.69) is 39.8 Å². The van der Waals surface area contributed by atoms with Crippen molar-refractivity contribution in [1.29, 1.82) is 0 Å². The van der Waals surface area contributed by atoms with E-state index < -0.39 is 18.0 Å². The summed E-state index contributed by atoms with van der Waals surface area (Å²) in [6.45, 7) is 13.3. The van der Waals surface area contributed by atoms with Crippen molar-refractivity contribution in [2.45, 2.75) is 149 Å². The van der Waals surface area contributed by atoms with Crippen molar-refractivity contribution in [2.24, 2.45) is 17.8 Å². The van der Waals surface area contributed by atoms with Crippen LogP contribution in [0.5, 0.6) is 0 Å². The Kier molecular flexibility index (Phi) is 15.2. The molecule has 1 N–H and O–H groups in total. The van der Waals surface area contributed by atoms with Gasteiger partial charge >= 0.3 is 0 Å². The normalized spacial score (nSPS) is 32.8. The van der Waals surface area contributed by atoms with Gasteiger partial charge in [-0.05, 0) is 38.5 Å². The van der Waals surface area contributed by atoms with Crippen LogP contribution in [0.3, 0.4) is 0 Å². The first kappa shape index (κ1) is 32.7. The number of rotatable bonds is 18. The standard InChI is InChI=1S/C31H58O6/c1-8-9-10-11-12-13-14-15-16-17-18-19-20-27-29(37-31(5,6)36-27)26(32)21-34-30-25(4)23(2)24(3)28(35-30)22-33-7/h19-20,23-30,32H,8-18,21-22H2,1-7H3/t23?,24?,25?,26-,27+,28?,29-,30?/m0/s1. The Balaban J connectivity index is 1.73. The number of allylic oxidation sites excluding steroid dienone is 1. The fraction of sp³-hybridized carbons (Fsp3) is 0.935. The maximum absolute atomic E-state index is 11.0. The van der Waals surface area contributed by atoms with E-state index in [9.17, 15) is 5.11 Å². The summed E-state index contributed by atoms with van der Waals surface area (Å²) in [7, 11) is 1.70. The highest BCUT2D eigenvalue weighted by Gasteiger charge is 2.45. The average Bonchev–Trinajstić information content (AvgIpc) is 3.18. The first-order valence-electron chi connectivity index (χ1n) is 15.2. The van der Waals surface area contributed by atoms with Crippen molar-refractivity contribution < 1.29 is 28.8 Å². The molecular formula is C31H58O6. The molecule has 2 rings (SSSR count). The zero-order valence-electron chi connectivity index (χ0n) is 25.0. The van der Waals surface area contributed by atoms with Crippen LogP contribution in [0.15, 0.2) is 12.2 Å². The van der Waals surface area contributed by atoms with Gasteiger partial charge in [0.25, 0.3) is 0 Å². The molecule has 0 aromatic carbocycles. The van der Waals surface area contributed by atoms with Crippen LogP contribution >= 0.6 is 0 Å². The van der Waals surface area contributed by atoms with Gasteiger partial charge in [-0.3, -0.25) is 0 Å². The SMILES string of the molecule is CCCCCCCCCCCCC=C[C@H]1OC(C)(C)O[C@H]1[C@@H](O)COC1OC(COC)C(C)C(C)C1C. The minimum atomic E-state index is -0.805. The number of ether oxygens (including phenoxy) is 5. The average molecular weight is 527 g/mol. The highest BCUT2D eigenvalue weighted by Crippen LogP contribution is 2.36. The van der Waals surface area contributed by atoms with Gasteiger partial charge in [0, 0.05) is 13.0 Å². The number of hydrogen-bond donors (Lipinski definition) is 1. The van der Waals surface area contributed by atoms with Gasteiger partial charge in [0.2, 0.25) is 0 Å². The second kappa shape index (κ2) is 17.2. The van der Waals surface area contributed by atoms with Crippen molar-refractivity contribution >= 4 is 0 Å². The Labute approximate surface area is 227 Å². The summed E-state index contributed by atoms with van der Waals surface area (Å²) in [5.41, 5.74) is 0. The molecule has 6 nitrogen and oxygen atoms in total. The highest BCUT2D eigenvalue weighted by atomic mass is 16.8. The van der Waals surface area contributed by atoms with E-state index in [1.165, 1.54) is 64.2 Å². The van der Waals surface area contributed by atoms with E-state index in [0.29, 0.717) is 18.4 Å². The summed E-state index contributed by atoms with van der Waals surface area (Å²) in [5.74, 6) is 0.309. The van der Waals surface area contributed by atoms with Crippen LogP contribution < -0.4 is 0 Å². The quantitative estimate of drug-likeness (QED) is 0.153. The van der Waals surface area contributed by atoms with Crippen molar-refractivity contribution in [3.8, 4) is 0 Å².